The molecule has 0 aromatic heterocycles. The summed E-state index contributed by atoms with van der Waals surface area (Å²) in [5.41, 5.74) is 0. The molecule has 0 spiro atoms. The highest BCUT2D eigenvalue weighted by molar-refractivity contribution is 7.89. The Labute approximate surface area is 115 Å². The normalized spacial score (nSPS) is 23.0. The highest BCUT2D eigenvalue weighted by atomic mass is 32.2. The zero-order valence-electron chi connectivity index (χ0n) is 11.6. The lowest BCUT2D eigenvalue weighted by molar-refractivity contribution is -0.126. The Bertz CT molecular complexity index is 397. The predicted molar refractivity (Wildman–Crippen MR) is 73.1 cm³/mol. The number of carbonyl (C=O) groups is 1. The molecular formula is C12H24N2O4S. The number of hydrogen-bond donors (Lipinski definition) is 2. The molecule has 112 valence electrons. The number of sulfonamides is 1. The second-order valence-corrected chi connectivity index (χ2v) is 7.16. The molecule has 0 aliphatic carbocycles. The van der Waals surface area contributed by atoms with Crippen molar-refractivity contribution < 1.29 is 18.3 Å². The van der Waals surface area contributed by atoms with E-state index in [1.54, 1.807) is 6.92 Å². The van der Waals surface area contributed by atoms with Crippen LogP contribution >= 0.6 is 0 Å². The first kappa shape index (κ1) is 16.4. The topological polar surface area (TPSA) is 86.7 Å². The third-order valence-electron chi connectivity index (χ3n) is 3.50. The van der Waals surface area contributed by atoms with Crippen LogP contribution in [0.4, 0.5) is 0 Å². The summed E-state index contributed by atoms with van der Waals surface area (Å²) in [7, 11) is -3.22. The first-order valence-corrected chi connectivity index (χ1v) is 8.45. The van der Waals surface area contributed by atoms with E-state index in [9.17, 15) is 18.3 Å². The molecule has 0 radical (unpaired) electrons. The highest BCUT2D eigenvalue weighted by Crippen LogP contribution is 2.19. The lowest BCUT2D eigenvalue weighted by Gasteiger charge is -2.31. The van der Waals surface area contributed by atoms with Crippen LogP contribution in [-0.4, -0.2) is 55.2 Å². The SMILES string of the molecule is CCC(O)CNC(=O)C1CCCN(S(=O)(=O)CC)C1. The fraction of sp³-hybridized carbons (Fsp3) is 0.917. The third kappa shape index (κ3) is 4.74. The monoisotopic (exact) mass is 292 g/mol. The Morgan fingerprint density at radius 3 is 2.74 bits per heavy atom. The Hall–Kier alpha value is -0.660. The molecule has 1 heterocycles. The summed E-state index contributed by atoms with van der Waals surface area (Å²) in [4.78, 5) is 11.9. The number of hydrogen-bond acceptors (Lipinski definition) is 4. The summed E-state index contributed by atoms with van der Waals surface area (Å²) in [6.45, 7) is 4.43. The third-order valence-corrected chi connectivity index (χ3v) is 5.34. The van der Waals surface area contributed by atoms with Gasteiger partial charge in [-0.1, -0.05) is 6.92 Å². The smallest absolute Gasteiger partial charge is 0.224 e. The van der Waals surface area contributed by atoms with E-state index in [0.29, 0.717) is 25.8 Å². The lowest BCUT2D eigenvalue weighted by atomic mass is 9.99. The molecule has 1 fully saturated rings. The molecule has 1 rings (SSSR count). The molecule has 6 nitrogen and oxygen atoms in total. The van der Waals surface area contributed by atoms with Gasteiger partial charge < -0.3 is 10.4 Å². The molecule has 0 aromatic rings. The van der Waals surface area contributed by atoms with E-state index >= 15 is 0 Å². The van der Waals surface area contributed by atoms with Crippen LogP contribution < -0.4 is 5.32 Å². The van der Waals surface area contributed by atoms with E-state index < -0.39 is 16.1 Å². The Morgan fingerprint density at radius 2 is 2.16 bits per heavy atom. The van der Waals surface area contributed by atoms with E-state index in [2.05, 4.69) is 5.32 Å². The second kappa shape index (κ2) is 7.21. The van der Waals surface area contributed by atoms with Gasteiger partial charge in [-0.25, -0.2) is 12.7 Å². The minimum absolute atomic E-state index is 0.0654. The molecule has 1 amide bonds. The fourth-order valence-electron chi connectivity index (χ4n) is 2.10. The van der Waals surface area contributed by atoms with Gasteiger partial charge in [-0.2, -0.15) is 0 Å². The predicted octanol–water partition coefficient (Wildman–Crippen LogP) is -0.0648. The van der Waals surface area contributed by atoms with Crippen molar-refractivity contribution >= 4 is 15.9 Å². The van der Waals surface area contributed by atoms with Crippen LogP contribution in [0.5, 0.6) is 0 Å². The zero-order chi connectivity index (χ0) is 14.5. The summed E-state index contributed by atoms with van der Waals surface area (Å²) < 4.78 is 25.0. The van der Waals surface area contributed by atoms with E-state index in [0.717, 1.165) is 0 Å². The maximum absolute atomic E-state index is 11.9. The number of nitrogens with one attached hydrogen (secondary N) is 1. The Balaban J connectivity index is 2.53. The van der Waals surface area contributed by atoms with Crippen molar-refractivity contribution in [1.82, 2.24) is 9.62 Å². The molecule has 1 aliphatic heterocycles. The van der Waals surface area contributed by atoms with Crippen LogP contribution in [-0.2, 0) is 14.8 Å². The van der Waals surface area contributed by atoms with Gasteiger partial charge in [0.1, 0.15) is 0 Å². The average Bonchev–Trinajstić information content (AvgIpc) is 2.44. The van der Waals surface area contributed by atoms with E-state index in [1.165, 1.54) is 4.31 Å². The molecule has 2 N–H and O–H groups in total. The first-order valence-electron chi connectivity index (χ1n) is 6.84. The summed E-state index contributed by atoms with van der Waals surface area (Å²) in [6.07, 6.45) is 1.45. The summed E-state index contributed by atoms with van der Waals surface area (Å²) in [5, 5.41) is 12.1. The van der Waals surface area contributed by atoms with Crippen LogP contribution in [0, 0.1) is 5.92 Å². The molecule has 1 aliphatic rings. The number of amides is 1. The lowest BCUT2D eigenvalue weighted by Crippen LogP contribution is -2.46. The van der Waals surface area contributed by atoms with Gasteiger partial charge in [-0.05, 0) is 26.2 Å². The van der Waals surface area contributed by atoms with Gasteiger partial charge >= 0.3 is 0 Å². The van der Waals surface area contributed by atoms with Crippen molar-refractivity contribution in [2.24, 2.45) is 5.92 Å². The van der Waals surface area contributed by atoms with Gasteiger partial charge in [-0.3, -0.25) is 4.79 Å². The highest BCUT2D eigenvalue weighted by Gasteiger charge is 2.31. The molecule has 0 bridgehead atoms. The summed E-state index contributed by atoms with van der Waals surface area (Å²) >= 11 is 0. The van der Waals surface area contributed by atoms with Crippen molar-refractivity contribution in [3.05, 3.63) is 0 Å². The van der Waals surface area contributed by atoms with Crippen molar-refractivity contribution in [3.8, 4) is 0 Å². The summed E-state index contributed by atoms with van der Waals surface area (Å²) in [6, 6.07) is 0. The Morgan fingerprint density at radius 1 is 1.47 bits per heavy atom. The molecule has 2 atom stereocenters. The van der Waals surface area contributed by atoms with Crippen LogP contribution in [0.25, 0.3) is 0 Å². The number of carbonyl (C=O) groups excluding carboxylic acids is 1. The van der Waals surface area contributed by atoms with Crippen molar-refractivity contribution in [2.45, 2.75) is 39.2 Å². The molecular weight excluding hydrogens is 268 g/mol. The van der Waals surface area contributed by atoms with Gasteiger partial charge in [0.15, 0.2) is 0 Å². The number of aliphatic hydroxyl groups is 1. The van der Waals surface area contributed by atoms with Crippen LogP contribution in [0.1, 0.15) is 33.1 Å². The largest absolute Gasteiger partial charge is 0.391 e. The van der Waals surface area contributed by atoms with Crippen LogP contribution in [0.2, 0.25) is 0 Å². The van der Waals surface area contributed by atoms with E-state index in [1.807, 2.05) is 6.92 Å². The van der Waals surface area contributed by atoms with Crippen molar-refractivity contribution in [3.63, 3.8) is 0 Å². The zero-order valence-corrected chi connectivity index (χ0v) is 12.4. The average molecular weight is 292 g/mol. The minimum atomic E-state index is -3.22. The Kier molecular flexibility index (Phi) is 6.22. The number of rotatable bonds is 6. The van der Waals surface area contributed by atoms with E-state index in [-0.39, 0.29) is 30.7 Å². The van der Waals surface area contributed by atoms with Crippen LogP contribution in [0.3, 0.4) is 0 Å². The van der Waals surface area contributed by atoms with Gasteiger partial charge in [0, 0.05) is 19.6 Å². The second-order valence-electron chi connectivity index (χ2n) is 4.90. The number of aliphatic hydroxyl groups excluding tert-OH is 1. The van der Waals surface area contributed by atoms with Crippen LogP contribution in [0.15, 0.2) is 0 Å². The van der Waals surface area contributed by atoms with Gasteiger partial charge in [-0.15, -0.1) is 0 Å². The quantitative estimate of drug-likeness (QED) is 0.718. The van der Waals surface area contributed by atoms with E-state index in [4.69, 9.17) is 0 Å². The van der Waals surface area contributed by atoms with Gasteiger partial charge in [0.2, 0.25) is 15.9 Å². The molecule has 0 saturated carbocycles. The maximum atomic E-state index is 11.9. The molecule has 2 unspecified atom stereocenters. The number of piperidine rings is 1. The molecule has 0 aromatic carbocycles. The maximum Gasteiger partial charge on any atom is 0.224 e. The van der Waals surface area contributed by atoms with Crippen molar-refractivity contribution in [2.75, 3.05) is 25.4 Å². The number of nitrogens with zero attached hydrogens (tertiary/aromatic N) is 1. The fourth-order valence-corrected chi connectivity index (χ4v) is 3.28. The standard InChI is InChI=1S/C12H24N2O4S/c1-3-11(15)8-13-12(16)10-6-5-7-14(9-10)19(17,18)4-2/h10-11,15H,3-9H2,1-2H3,(H,13,16). The minimum Gasteiger partial charge on any atom is -0.391 e. The first-order chi connectivity index (χ1) is 8.90. The molecule has 1 saturated heterocycles. The molecule has 19 heavy (non-hydrogen) atoms. The van der Waals surface area contributed by atoms with Gasteiger partial charge in [0.25, 0.3) is 0 Å². The van der Waals surface area contributed by atoms with Gasteiger partial charge in [0.05, 0.1) is 17.8 Å². The summed E-state index contributed by atoms with van der Waals surface area (Å²) in [5.74, 6) is -0.404. The van der Waals surface area contributed by atoms with Crippen molar-refractivity contribution in [1.29, 1.82) is 0 Å². The molecule has 7 heteroatoms.